The Labute approximate surface area is 161 Å². The zero-order valence-corrected chi connectivity index (χ0v) is 16.0. The molecular formula is C18H23N5O3S. The summed E-state index contributed by atoms with van der Waals surface area (Å²) in [5.41, 5.74) is -1.06. The summed E-state index contributed by atoms with van der Waals surface area (Å²) in [6.07, 6.45) is 4.51. The fourth-order valence-corrected chi connectivity index (χ4v) is 4.62. The SMILES string of the molecule is C[C@@]1(NC(=O)c2csc(-c3ncccn3)n2)CCOC2(CCNCC2)[C@H]1O. The van der Waals surface area contributed by atoms with Crippen LogP contribution in [-0.2, 0) is 4.74 Å². The Morgan fingerprint density at radius 1 is 1.33 bits per heavy atom. The molecule has 9 heteroatoms. The first-order valence-corrected chi connectivity index (χ1v) is 9.99. The molecule has 2 aliphatic heterocycles. The average Bonchev–Trinajstić information content (AvgIpc) is 3.18. The molecule has 27 heavy (non-hydrogen) atoms. The van der Waals surface area contributed by atoms with Crippen molar-refractivity contribution in [2.75, 3.05) is 19.7 Å². The molecule has 0 aliphatic carbocycles. The summed E-state index contributed by atoms with van der Waals surface area (Å²) in [4.78, 5) is 25.5. The predicted octanol–water partition coefficient (Wildman–Crippen LogP) is 0.992. The van der Waals surface area contributed by atoms with E-state index in [9.17, 15) is 9.90 Å². The maximum absolute atomic E-state index is 12.8. The second-order valence-corrected chi connectivity index (χ2v) is 8.16. The number of thiazole rings is 1. The highest BCUT2D eigenvalue weighted by molar-refractivity contribution is 7.13. The first kappa shape index (κ1) is 18.4. The number of nitrogens with zero attached hydrogens (tertiary/aromatic N) is 3. The maximum Gasteiger partial charge on any atom is 0.271 e. The molecule has 0 aromatic carbocycles. The zero-order chi connectivity index (χ0) is 18.9. The maximum atomic E-state index is 12.8. The number of piperidine rings is 1. The Morgan fingerprint density at radius 3 is 2.81 bits per heavy atom. The molecule has 2 aromatic rings. The summed E-state index contributed by atoms with van der Waals surface area (Å²) < 4.78 is 5.99. The minimum absolute atomic E-state index is 0.305. The van der Waals surface area contributed by atoms with Crippen LogP contribution >= 0.6 is 11.3 Å². The fourth-order valence-electron chi connectivity index (χ4n) is 3.87. The third-order valence-corrected chi connectivity index (χ3v) is 6.29. The number of aliphatic hydroxyl groups excluding tert-OH is 1. The molecule has 2 saturated heterocycles. The van der Waals surface area contributed by atoms with Gasteiger partial charge in [0.15, 0.2) is 10.8 Å². The molecule has 3 N–H and O–H groups in total. The van der Waals surface area contributed by atoms with Crippen molar-refractivity contribution in [3.05, 3.63) is 29.5 Å². The summed E-state index contributed by atoms with van der Waals surface area (Å²) in [6, 6.07) is 1.73. The van der Waals surface area contributed by atoms with E-state index in [0.717, 1.165) is 25.9 Å². The third kappa shape index (κ3) is 3.47. The summed E-state index contributed by atoms with van der Waals surface area (Å²) in [6.45, 7) is 3.99. The van der Waals surface area contributed by atoms with Gasteiger partial charge in [-0.15, -0.1) is 11.3 Å². The molecule has 0 unspecified atom stereocenters. The van der Waals surface area contributed by atoms with Crippen LogP contribution in [0.3, 0.4) is 0 Å². The lowest BCUT2D eigenvalue weighted by atomic mass is 9.73. The third-order valence-electron chi connectivity index (χ3n) is 5.46. The van der Waals surface area contributed by atoms with Crippen LogP contribution in [0.4, 0.5) is 0 Å². The number of nitrogens with one attached hydrogen (secondary N) is 2. The first-order valence-electron chi connectivity index (χ1n) is 9.11. The zero-order valence-electron chi connectivity index (χ0n) is 15.1. The van der Waals surface area contributed by atoms with Gasteiger partial charge in [0.2, 0.25) is 0 Å². The van der Waals surface area contributed by atoms with E-state index in [0.29, 0.717) is 29.6 Å². The van der Waals surface area contributed by atoms with Crippen LogP contribution in [0.1, 0.15) is 36.7 Å². The van der Waals surface area contributed by atoms with Crippen LogP contribution in [0.15, 0.2) is 23.8 Å². The van der Waals surface area contributed by atoms with E-state index in [1.165, 1.54) is 11.3 Å². The van der Waals surface area contributed by atoms with Gasteiger partial charge in [0, 0.05) is 24.4 Å². The lowest BCUT2D eigenvalue weighted by molar-refractivity contribution is -0.197. The van der Waals surface area contributed by atoms with Gasteiger partial charge >= 0.3 is 0 Å². The highest BCUT2D eigenvalue weighted by Crippen LogP contribution is 2.38. The van der Waals surface area contributed by atoms with Crippen LogP contribution in [0.25, 0.3) is 10.8 Å². The number of amides is 1. The minimum Gasteiger partial charge on any atom is -0.388 e. The predicted molar refractivity (Wildman–Crippen MR) is 100 cm³/mol. The normalized spacial score (nSPS) is 27.4. The van der Waals surface area contributed by atoms with Crippen LogP contribution in [0, 0.1) is 0 Å². The highest BCUT2D eigenvalue weighted by Gasteiger charge is 2.53. The fraction of sp³-hybridized carbons (Fsp3) is 0.556. The Kier molecular flexibility index (Phi) is 4.94. The number of hydrogen-bond acceptors (Lipinski definition) is 8. The quantitative estimate of drug-likeness (QED) is 0.718. The summed E-state index contributed by atoms with van der Waals surface area (Å²) in [5, 5.41) is 19.7. The number of carbonyl (C=O) groups excluding carboxylic acids is 1. The smallest absolute Gasteiger partial charge is 0.271 e. The van der Waals surface area contributed by atoms with Crippen molar-refractivity contribution < 1.29 is 14.6 Å². The Hall–Kier alpha value is -1.94. The van der Waals surface area contributed by atoms with Crippen molar-refractivity contribution in [1.82, 2.24) is 25.6 Å². The largest absolute Gasteiger partial charge is 0.388 e. The van der Waals surface area contributed by atoms with Gasteiger partial charge in [-0.05, 0) is 45.3 Å². The molecule has 144 valence electrons. The van der Waals surface area contributed by atoms with Gasteiger partial charge in [0.1, 0.15) is 11.8 Å². The van der Waals surface area contributed by atoms with Gasteiger partial charge < -0.3 is 20.5 Å². The molecular weight excluding hydrogens is 366 g/mol. The number of rotatable bonds is 3. The van der Waals surface area contributed by atoms with Gasteiger partial charge in [-0.1, -0.05) is 0 Å². The van der Waals surface area contributed by atoms with Crippen LogP contribution in [-0.4, -0.2) is 62.9 Å². The van der Waals surface area contributed by atoms with Gasteiger partial charge in [0.25, 0.3) is 5.91 Å². The Morgan fingerprint density at radius 2 is 2.07 bits per heavy atom. The molecule has 2 aliphatic rings. The molecule has 2 fully saturated rings. The second kappa shape index (κ2) is 7.23. The molecule has 2 aromatic heterocycles. The molecule has 4 heterocycles. The number of aromatic nitrogens is 3. The first-order chi connectivity index (χ1) is 13.0. The molecule has 0 saturated carbocycles. The van der Waals surface area contributed by atoms with Crippen molar-refractivity contribution in [1.29, 1.82) is 0 Å². The Balaban J connectivity index is 1.51. The van der Waals surface area contributed by atoms with Crippen molar-refractivity contribution in [2.45, 2.75) is 43.4 Å². The van der Waals surface area contributed by atoms with E-state index < -0.39 is 17.2 Å². The summed E-state index contributed by atoms with van der Waals surface area (Å²) in [5.74, 6) is 0.188. The molecule has 0 bridgehead atoms. The lowest BCUT2D eigenvalue weighted by Gasteiger charge is -2.52. The molecule has 2 atom stereocenters. The molecule has 1 amide bonds. The van der Waals surface area contributed by atoms with E-state index in [1.807, 2.05) is 6.92 Å². The van der Waals surface area contributed by atoms with Crippen LogP contribution in [0.2, 0.25) is 0 Å². The lowest BCUT2D eigenvalue weighted by Crippen LogP contribution is -2.69. The number of ether oxygens (including phenoxy) is 1. The van der Waals surface area contributed by atoms with E-state index in [4.69, 9.17) is 4.74 Å². The second-order valence-electron chi connectivity index (χ2n) is 7.30. The van der Waals surface area contributed by atoms with Gasteiger partial charge in [0.05, 0.1) is 11.1 Å². The van der Waals surface area contributed by atoms with E-state index in [2.05, 4.69) is 25.6 Å². The molecule has 0 radical (unpaired) electrons. The minimum atomic E-state index is -0.777. The monoisotopic (exact) mass is 389 g/mol. The Bertz CT molecular complexity index is 803. The van der Waals surface area contributed by atoms with Gasteiger partial charge in [-0.3, -0.25) is 4.79 Å². The van der Waals surface area contributed by atoms with Gasteiger partial charge in [-0.25, -0.2) is 15.0 Å². The standard InChI is InChI=1S/C18H23N5O3S/c1-17(5-10-26-18(16(17)25)3-8-19-9-4-18)23-14(24)12-11-27-15(22-12)13-20-6-2-7-21-13/h2,6-7,11,16,19,25H,3-5,8-10H2,1H3,(H,23,24)/t16-,17+/m0/s1. The molecule has 8 nitrogen and oxygen atoms in total. The van der Waals surface area contributed by atoms with E-state index in [-0.39, 0.29) is 5.91 Å². The number of aliphatic hydroxyl groups is 1. The van der Waals surface area contributed by atoms with E-state index in [1.54, 1.807) is 23.8 Å². The number of hydrogen-bond donors (Lipinski definition) is 3. The van der Waals surface area contributed by atoms with Crippen LogP contribution in [0.5, 0.6) is 0 Å². The van der Waals surface area contributed by atoms with Crippen molar-refractivity contribution in [2.24, 2.45) is 0 Å². The van der Waals surface area contributed by atoms with Crippen molar-refractivity contribution in [3.8, 4) is 10.8 Å². The van der Waals surface area contributed by atoms with E-state index >= 15 is 0 Å². The summed E-state index contributed by atoms with van der Waals surface area (Å²) >= 11 is 1.32. The molecule has 1 spiro atoms. The highest BCUT2D eigenvalue weighted by atomic mass is 32.1. The average molecular weight is 389 g/mol. The van der Waals surface area contributed by atoms with Crippen molar-refractivity contribution in [3.63, 3.8) is 0 Å². The topological polar surface area (TPSA) is 109 Å². The molecule has 4 rings (SSSR count). The van der Waals surface area contributed by atoms with Crippen molar-refractivity contribution >= 4 is 17.2 Å². The number of carbonyl (C=O) groups is 1. The van der Waals surface area contributed by atoms with Crippen LogP contribution < -0.4 is 10.6 Å². The van der Waals surface area contributed by atoms with Gasteiger partial charge in [-0.2, -0.15) is 0 Å². The summed E-state index contributed by atoms with van der Waals surface area (Å²) in [7, 11) is 0.